The van der Waals surface area contributed by atoms with Crippen molar-refractivity contribution >= 4 is 21.4 Å². The summed E-state index contributed by atoms with van der Waals surface area (Å²) in [4.78, 5) is 3.88. The molecule has 0 saturated carbocycles. The van der Waals surface area contributed by atoms with Crippen LogP contribution in [-0.2, 0) is 16.2 Å². The molecule has 2 saturated heterocycles. The number of nitrogens with zero attached hydrogens (tertiary/aromatic N) is 3. The summed E-state index contributed by atoms with van der Waals surface area (Å²) in [5.74, 6) is 0.332. The van der Waals surface area contributed by atoms with E-state index < -0.39 is 33.6 Å². The molecule has 0 aromatic heterocycles. The number of halogens is 4. The van der Waals surface area contributed by atoms with Gasteiger partial charge in [-0.15, -0.1) is 0 Å². The van der Waals surface area contributed by atoms with Gasteiger partial charge in [-0.2, -0.15) is 17.5 Å². The highest BCUT2D eigenvalue weighted by molar-refractivity contribution is 7.89. The first-order valence-corrected chi connectivity index (χ1v) is 13.8. The Morgan fingerprint density at radius 3 is 2.25 bits per heavy atom. The van der Waals surface area contributed by atoms with Gasteiger partial charge in [0.2, 0.25) is 10.0 Å². The molecule has 2 heterocycles. The largest absolute Gasteiger partial charge is 0.418 e. The van der Waals surface area contributed by atoms with Gasteiger partial charge in [-0.25, -0.2) is 12.8 Å². The summed E-state index contributed by atoms with van der Waals surface area (Å²) in [6.07, 6.45) is -2.58. The highest BCUT2D eigenvalue weighted by atomic mass is 32.2. The summed E-state index contributed by atoms with van der Waals surface area (Å²) in [6, 6.07) is 8.95. The quantitative estimate of drug-likeness (QED) is 0.474. The molecule has 0 N–H and O–H groups in total. The summed E-state index contributed by atoms with van der Waals surface area (Å²) in [5, 5.41) is 0. The second-order valence-corrected chi connectivity index (χ2v) is 12.0. The fraction of sp³-hybridized carbons (Fsp3) is 0.538. The zero-order valence-corrected chi connectivity index (χ0v) is 21.6. The molecular weight excluding hydrogens is 494 g/mol. The lowest BCUT2D eigenvalue weighted by atomic mass is 9.86. The monoisotopic (exact) mass is 527 g/mol. The van der Waals surface area contributed by atoms with E-state index in [1.165, 1.54) is 9.21 Å². The number of benzene rings is 2. The number of hydrogen-bond donors (Lipinski definition) is 0. The standard InChI is InChI=1S/C26H33F4N3O2S/c1-18(2)20-9-11-31(12-10-20)22-5-4-6-23(16-22)36(34,35)33-14-13-32(17-19(33)3)25-8-7-21(27)15-24(25)26(28,29)30/h4-8,15-16,18-20H,9-14,17H2,1-3H3/t19-/m1/s1. The maximum Gasteiger partial charge on any atom is 0.418 e. The minimum atomic E-state index is -4.71. The van der Waals surface area contributed by atoms with E-state index in [0.29, 0.717) is 17.9 Å². The predicted molar refractivity (Wildman–Crippen MR) is 133 cm³/mol. The molecule has 2 aliphatic rings. The van der Waals surface area contributed by atoms with Crippen LogP contribution < -0.4 is 9.80 Å². The zero-order valence-electron chi connectivity index (χ0n) is 20.8. The number of alkyl halides is 3. The molecule has 0 amide bonds. The molecule has 198 valence electrons. The van der Waals surface area contributed by atoms with Crippen molar-refractivity contribution in [1.29, 1.82) is 0 Å². The zero-order chi connectivity index (χ0) is 26.3. The Balaban J connectivity index is 1.51. The van der Waals surface area contributed by atoms with E-state index in [9.17, 15) is 26.0 Å². The Kier molecular flexibility index (Phi) is 7.57. The number of piperazine rings is 1. The van der Waals surface area contributed by atoms with Gasteiger partial charge in [0, 0.05) is 50.1 Å². The van der Waals surface area contributed by atoms with E-state index in [-0.39, 0.29) is 30.2 Å². The lowest BCUT2D eigenvalue weighted by molar-refractivity contribution is -0.137. The number of sulfonamides is 1. The van der Waals surface area contributed by atoms with Crippen LogP contribution >= 0.6 is 0 Å². The Hall–Kier alpha value is -2.33. The second kappa shape index (κ2) is 10.2. The van der Waals surface area contributed by atoms with Crippen molar-refractivity contribution in [3.8, 4) is 0 Å². The molecule has 0 aliphatic carbocycles. The van der Waals surface area contributed by atoms with Crippen LogP contribution in [0.5, 0.6) is 0 Å². The van der Waals surface area contributed by atoms with Crippen LogP contribution in [0.25, 0.3) is 0 Å². The third-order valence-electron chi connectivity index (χ3n) is 7.44. The first-order chi connectivity index (χ1) is 16.9. The summed E-state index contributed by atoms with van der Waals surface area (Å²) >= 11 is 0. The minimum absolute atomic E-state index is 0.0299. The van der Waals surface area contributed by atoms with Gasteiger partial charge in [0.15, 0.2) is 0 Å². The molecular formula is C26H33F4N3O2S. The maximum absolute atomic E-state index is 13.5. The average Bonchev–Trinajstić information content (AvgIpc) is 2.83. The second-order valence-electron chi connectivity index (χ2n) is 10.1. The third-order valence-corrected chi connectivity index (χ3v) is 9.45. The Bertz CT molecular complexity index is 1180. The molecule has 0 radical (unpaired) electrons. The van der Waals surface area contributed by atoms with Crippen LogP contribution in [0.4, 0.5) is 28.9 Å². The smallest absolute Gasteiger partial charge is 0.371 e. The Morgan fingerprint density at radius 2 is 1.64 bits per heavy atom. The first kappa shape index (κ1) is 26.7. The first-order valence-electron chi connectivity index (χ1n) is 12.4. The summed E-state index contributed by atoms with van der Waals surface area (Å²) in [7, 11) is -3.85. The molecule has 2 fully saturated rings. The summed E-state index contributed by atoms with van der Waals surface area (Å²) in [5.41, 5.74) is -0.328. The Labute approximate surface area is 210 Å². The number of piperidine rings is 1. The molecule has 0 bridgehead atoms. The van der Waals surface area contributed by atoms with Crippen LogP contribution in [0, 0.1) is 17.7 Å². The Morgan fingerprint density at radius 1 is 0.944 bits per heavy atom. The van der Waals surface area contributed by atoms with Gasteiger partial charge in [-0.05, 0) is 68.0 Å². The molecule has 2 aliphatic heterocycles. The van der Waals surface area contributed by atoms with Gasteiger partial charge in [0.1, 0.15) is 5.82 Å². The number of rotatable bonds is 5. The van der Waals surface area contributed by atoms with E-state index >= 15 is 0 Å². The molecule has 1 atom stereocenters. The van der Waals surface area contributed by atoms with Gasteiger partial charge in [-0.3, -0.25) is 0 Å². The molecule has 2 aromatic rings. The van der Waals surface area contributed by atoms with Crippen LogP contribution in [0.2, 0.25) is 0 Å². The average molecular weight is 528 g/mol. The number of hydrogen-bond acceptors (Lipinski definition) is 4. The normalized spacial score (nSPS) is 20.8. The van der Waals surface area contributed by atoms with Crippen molar-refractivity contribution in [1.82, 2.24) is 4.31 Å². The van der Waals surface area contributed by atoms with Gasteiger partial charge in [0.05, 0.1) is 10.5 Å². The summed E-state index contributed by atoms with van der Waals surface area (Å²) < 4.78 is 82.5. The van der Waals surface area contributed by atoms with Crippen LogP contribution in [0.3, 0.4) is 0 Å². The van der Waals surface area contributed by atoms with E-state index in [0.717, 1.165) is 43.8 Å². The third kappa shape index (κ3) is 5.49. The SMILES string of the molecule is CC(C)C1CCN(c2cccc(S(=O)(=O)N3CCN(c4ccc(F)cc4C(F)(F)F)C[C@H]3C)c2)CC1. The molecule has 10 heteroatoms. The van der Waals surface area contributed by atoms with Crippen LogP contribution in [0.15, 0.2) is 47.4 Å². The molecule has 0 unspecified atom stereocenters. The van der Waals surface area contributed by atoms with Gasteiger partial charge in [-0.1, -0.05) is 19.9 Å². The lowest BCUT2D eigenvalue weighted by Crippen LogP contribution is -2.54. The van der Waals surface area contributed by atoms with Crippen molar-refractivity contribution in [2.24, 2.45) is 11.8 Å². The fourth-order valence-electron chi connectivity index (χ4n) is 5.33. The molecule has 5 nitrogen and oxygen atoms in total. The highest BCUT2D eigenvalue weighted by Gasteiger charge is 2.39. The molecule has 0 spiro atoms. The van der Waals surface area contributed by atoms with Crippen molar-refractivity contribution in [2.75, 3.05) is 42.5 Å². The molecule has 2 aromatic carbocycles. The molecule has 4 rings (SSSR count). The minimum Gasteiger partial charge on any atom is -0.371 e. The summed E-state index contributed by atoms with van der Waals surface area (Å²) in [6.45, 7) is 8.06. The fourth-order valence-corrected chi connectivity index (χ4v) is 6.98. The van der Waals surface area contributed by atoms with E-state index in [1.54, 1.807) is 25.1 Å². The van der Waals surface area contributed by atoms with Crippen molar-refractivity contribution in [2.45, 2.75) is 50.7 Å². The van der Waals surface area contributed by atoms with Gasteiger partial charge >= 0.3 is 6.18 Å². The van der Waals surface area contributed by atoms with Gasteiger partial charge < -0.3 is 9.80 Å². The lowest BCUT2D eigenvalue weighted by Gasteiger charge is -2.41. The highest BCUT2D eigenvalue weighted by Crippen LogP contribution is 2.38. The number of anilines is 2. The van der Waals surface area contributed by atoms with E-state index in [2.05, 4.69) is 18.7 Å². The van der Waals surface area contributed by atoms with E-state index in [4.69, 9.17) is 0 Å². The topological polar surface area (TPSA) is 43.9 Å². The van der Waals surface area contributed by atoms with Crippen molar-refractivity contribution < 1.29 is 26.0 Å². The predicted octanol–water partition coefficient (Wildman–Crippen LogP) is 5.62. The van der Waals surface area contributed by atoms with Crippen LogP contribution in [-0.4, -0.2) is 51.5 Å². The van der Waals surface area contributed by atoms with Crippen molar-refractivity contribution in [3.05, 3.63) is 53.8 Å². The van der Waals surface area contributed by atoms with E-state index in [1.807, 2.05) is 6.07 Å². The van der Waals surface area contributed by atoms with Crippen molar-refractivity contribution in [3.63, 3.8) is 0 Å². The maximum atomic E-state index is 13.5. The molecule has 36 heavy (non-hydrogen) atoms. The van der Waals surface area contributed by atoms with Gasteiger partial charge in [0.25, 0.3) is 0 Å². The van der Waals surface area contributed by atoms with Crippen LogP contribution in [0.1, 0.15) is 39.2 Å².